The van der Waals surface area contributed by atoms with Gasteiger partial charge in [-0.15, -0.1) is 11.3 Å². The molecule has 184 valence electrons. The Hall–Kier alpha value is -2.49. The highest BCUT2D eigenvalue weighted by atomic mass is 35.5. The summed E-state index contributed by atoms with van der Waals surface area (Å²) < 4.78 is 12.5. The Labute approximate surface area is 213 Å². The first-order valence-electron chi connectivity index (χ1n) is 11.8. The second-order valence-corrected chi connectivity index (χ2v) is 10.8. The van der Waals surface area contributed by atoms with Gasteiger partial charge in [0, 0.05) is 61.5 Å². The van der Waals surface area contributed by atoms with E-state index in [1.165, 1.54) is 0 Å². The fourth-order valence-corrected chi connectivity index (χ4v) is 5.41. The fourth-order valence-electron chi connectivity index (χ4n) is 4.48. The molecule has 35 heavy (non-hydrogen) atoms. The number of piperazine rings is 1. The SMILES string of the molecule is Cc1nc2cc(OCC(O)CN3CCN(Cc4cc(-c5ccc(Cl)cc5)on4)CC3C)ccc2s1. The Kier molecular flexibility index (Phi) is 7.36. The van der Waals surface area contributed by atoms with Gasteiger partial charge in [0.25, 0.3) is 0 Å². The number of hydrogen-bond acceptors (Lipinski definition) is 8. The van der Waals surface area contributed by atoms with E-state index in [2.05, 4.69) is 26.9 Å². The van der Waals surface area contributed by atoms with Crippen molar-refractivity contribution < 1.29 is 14.4 Å². The summed E-state index contributed by atoms with van der Waals surface area (Å²) in [7, 11) is 0. The first-order chi connectivity index (χ1) is 16.9. The smallest absolute Gasteiger partial charge is 0.167 e. The summed E-state index contributed by atoms with van der Waals surface area (Å²) in [5.41, 5.74) is 2.82. The van der Waals surface area contributed by atoms with E-state index in [1.54, 1.807) is 11.3 Å². The summed E-state index contributed by atoms with van der Waals surface area (Å²) >= 11 is 7.64. The maximum atomic E-state index is 10.6. The van der Waals surface area contributed by atoms with Crippen LogP contribution < -0.4 is 4.74 Å². The van der Waals surface area contributed by atoms with Crippen LogP contribution in [0.1, 0.15) is 17.6 Å². The van der Waals surface area contributed by atoms with E-state index in [9.17, 15) is 5.11 Å². The average molecular weight is 513 g/mol. The summed E-state index contributed by atoms with van der Waals surface area (Å²) in [4.78, 5) is 9.20. The zero-order valence-electron chi connectivity index (χ0n) is 19.9. The predicted octanol–water partition coefficient (Wildman–Crippen LogP) is 4.86. The summed E-state index contributed by atoms with van der Waals surface area (Å²) in [6.07, 6.45) is -0.561. The predicted molar refractivity (Wildman–Crippen MR) is 139 cm³/mol. The second kappa shape index (κ2) is 10.6. The Bertz CT molecular complexity index is 1280. The van der Waals surface area contributed by atoms with Crippen LogP contribution in [0.2, 0.25) is 5.02 Å². The first-order valence-corrected chi connectivity index (χ1v) is 13.0. The molecule has 2 aromatic heterocycles. The van der Waals surface area contributed by atoms with Crippen LogP contribution in [0.15, 0.2) is 53.1 Å². The highest BCUT2D eigenvalue weighted by Crippen LogP contribution is 2.26. The second-order valence-electron chi connectivity index (χ2n) is 9.10. The Morgan fingerprint density at radius 3 is 2.83 bits per heavy atom. The first kappa shape index (κ1) is 24.2. The molecule has 9 heteroatoms. The monoisotopic (exact) mass is 512 g/mol. The van der Waals surface area contributed by atoms with E-state index in [0.29, 0.717) is 17.6 Å². The van der Waals surface area contributed by atoms with Crippen molar-refractivity contribution in [1.29, 1.82) is 0 Å². The zero-order valence-corrected chi connectivity index (χ0v) is 21.4. The number of nitrogens with zero attached hydrogens (tertiary/aromatic N) is 4. The molecule has 2 aromatic carbocycles. The summed E-state index contributed by atoms with van der Waals surface area (Å²) in [5, 5.41) is 16.6. The molecule has 2 unspecified atom stereocenters. The van der Waals surface area contributed by atoms with Crippen LogP contribution in [-0.2, 0) is 6.54 Å². The highest BCUT2D eigenvalue weighted by molar-refractivity contribution is 7.18. The van der Waals surface area contributed by atoms with Crippen molar-refractivity contribution in [2.45, 2.75) is 32.5 Å². The number of benzene rings is 2. The molecule has 7 nitrogen and oxygen atoms in total. The largest absolute Gasteiger partial charge is 0.491 e. The van der Waals surface area contributed by atoms with Gasteiger partial charge in [0.05, 0.1) is 20.9 Å². The molecular weight excluding hydrogens is 484 g/mol. The molecule has 1 aliphatic rings. The van der Waals surface area contributed by atoms with Gasteiger partial charge in [-0.1, -0.05) is 16.8 Å². The molecular formula is C26H29ClN4O3S. The molecule has 5 rings (SSSR count). The number of fused-ring (bicyclic) bond motifs is 1. The molecule has 1 saturated heterocycles. The molecule has 0 bridgehead atoms. The van der Waals surface area contributed by atoms with E-state index < -0.39 is 6.10 Å². The van der Waals surface area contributed by atoms with Crippen molar-refractivity contribution >= 4 is 33.2 Å². The number of aromatic nitrogens is 2. The van der Waals surface area contributed by atoms with Crippen molar-refractivity contribution in [2.75, 3.05) is 32.8 Å². The number of aliphatic hydroxyl groups excluding tert-OH is 1. The van der Waals surface area contributed by atoms with Crippen LogP contribution in [0, 0.1) is 6.92 Å². The van der Waals surface area contributed by atoms with Crippen LogP contribution in [0.3, 0.4) is 0 Å². The number of halogens is 1. The number of rotatable bonds is 8. The molecule has 0 aliphatic carbocycles. The fraction of sp³-hybridized carbons (Fsp3) is 0.385. The average Bonchev–Trinajstić information content (AvgIpc) is 3.45. The Morgan fingerprint density at radius 2 is 2.03 bits per heavy atom. The number of β-amino-alcohol motifs (C(OH)–C–C–N with tert-alkyl or cyclic N) is 1. The molecule has 0 saturated carbocycles. The van der Waals surface area contributed by atoms with Crippen molar-refractivity contribution in [3.8, 4) is 17.1 Å². The summed E-state index contributed by atoms with van der Waals surface area (Å²) in [6.45, 7) is 8.45. The third-order valence-corrected chi connectivity index (χ3v) is 7.48. The van der Waals surface area contributed by atoms with Crippen LogP contribution in [-0.4, -0.2) is 70.0 Å². The maximum absolute atomic E-state index is 10.6. The van der Waals surface area contributed by atoms with Gasteiger partial charge < -0.3 is 14.4 Å². The molecule has 1 fully saturated rings. The lowest BCUT2D eigenvalue weighted by Crippen LogP contribution is -2.53. The van der Waals surface area contributed by atoms with Crippen LogP contribution in [0.5, 0.6) is 5.75 Å². The summed E-state index contributed by atoms with van der Waals surface area (Å²) in [5.74, 6) is 1.49. The topological polar surface area (TPSA) is 74.9 Å². The number of thiazole rings is 1. The Morgan fingerprint density at radius 1 is 1.20 bits per heavy atom. The van der Waals surface area contributed by atoms with Gasteiger partial charge in [0.1, 0.15) is 18.5 Å². The van der Waals surface area contributed by atoms with Gasteiger partial charge in [-0.2, -0.15) is 0 Å². The number of aryl methyl sites for hydroxylation is 1. The van der Waals surface area contributed by atoms with E-state index in [4.69, 9.17) is 20.9 Å². The van der Waals surface area contributed by atoms with Crippen molar-refractivity contribution in [1.82, 2.24) is 19.9 Å². The van der Waals surface area contributed by atoms with Gasteiger partial charge in [-0.05, 0) is 50.2 Å². The third-order valence-electron chi connectivity index (χ3n) is 6.28. The van der Waals surface area contributed by atoms with Gasteiger partial charge in [-0.25, -0.2) is 4.98 Å². The van der Waals surface area contributed by atoms with Gasteiger partial charge >= 0.3 is 0 Å². The molecule has 0 radical (unpaired) electrons. The molecule has 4 aromatic rings. The van der Waals surface area contributed by atoms with Crippen LogP contribution >= 0.6 is 22.9 Å². The molecule has 0 amide bonds. The van der Waals surface area contributed by atoms with Crippen LogP contribution in [0.25, 0.3) is 21.5 Å². The van der Waals surface area contributed by atoms with Crippen molar-refractivity contribution in [2.24, 2.45) is 0 Å². The molecule has 0 spiro atoms. The van der Waals surface area contributed by atoms with E-state index in [0.717, 1.165) is 64.2 Å². The molecule has 1 aliphatic heterocycles. The van der Waals surface area contributed by atoms with Gasteiger partial charge in [0.2, 0.25) is 0 Å². The van der Waals surface area contributed by atoms with Crippen molar-refractivity contribution in [3.63, 3.8) is 0 Å². The van der Waals surface area contributed by atoms with Gasteiger partial charge in [-0.3, -0.25) is 9.80 Å². The van der Waals surface area contributed by atoms with E-state index >= 15 is 0 Å². The lowest BCUT2D eigenvalue weighted by atomic mass is 10.1. The van der Waals surface area contributed by atoms with Crippen molar-refractivity contribution in [3.05, 3.63) is 64.3 Å². The van der Waals surface area contributed by atoms with E-state index in [-0.39, 0.29) is 6.61 Å². The molecule has 1 N–H and O–H groups in total. The standard InChI is InChI=1S/C26H29ClN4O3S/c1-17-13-30(14-21-11-25(34-29-21)19-3-5-20(27)6-4-19)9-10-31(17)15-22(32)16-33-23-7-8-26-24(12-23)28-18(2)35-26/h3-8,11-12,17,22,32H,9-10,13-16H2,1-2H3. The van der Waals surface area contributed by atoms with E-state index in [1.807, 2.05) is 55.5 Å². The number of hydrogen-bond donors (Lipinski definition) is 1. The minimum atomic E-state index is -0.561. The summed E-state index contributed by atoms with van der Waals surface area (Å²) in [6, 6.07) is 15.8. The zero-order chi connectivity index (χ0) is 24.4. The lowest BCUT2D eigenvalue weighted by molar-refractivity contribution is 0.0192. The minimum absolute atomic E-state index is 0.258. The highest BCUT2D eigenvalue weighted by Gasteiger charge is 2.26. The number of ether oxygens (including phenoxy) is 1. The third kappa shape index (κ3) is 6.02. The molecule has 2 atom stereocenters. The molecule has 3 heterocycles. The van der Waals surface area contributed by atoms with Gasteiger partial charge in [0.15, 0.2) is 5.76 Å². The normalized spacial score (nSPS) is 18.2. The lowest BCUT2D eigenvalue weighted by Gasteiger charge is -2.40. The number of aliphatic hydroxyl groups is 1. The minimum Gasteiger partial charge on any atom is -0.491 e. The quantitative estimate of drug-likeness (QED) is 0.361. The Balaban J connectivity index is 1.09. The van der Waals surface area contributed by atoms with Crippen LogP contribution in [0.4, 0.5) is 0 Å². The maximum Gasteiger partial charge on any atom is 0.167 e.